The third-order valence-corrected chi connectivity index (χ3v) is 11.0. The van der Waals surface area contributed by atoms with Crippen molar-refractivity contribution in [1.82, 2.24) is 0 Å². The lowest BCUT2D eigenvalue weighted by Gasteiger charge is -2.35. The van der Waals surface area contributed by atoms with Crippen molar-refractivity contribution in [2.75, 3.05) is 38.2 Å². The molecule has 0 aromatic heterocycles. The molecule has 0 radical (unpaired) electrons. The van der Waals surface area contributed by atoms with E-state index in [4.69, 9.17) is 30.4 Å². The van der Waals surface area contributed by atoms with Gasteiger partial charge in [-0.15, -0.1) is 0 Å². The molecule has 0 saturated carbocycles. The first-order valence-electron chi connectivity index (χ1n) is 18.5. The van der Waals surface area contributed by atoms with Crippen LogP contribution in [0, 0.1) is 36.5 Å². The monoisotopic (exact) mass is 962 g/mol. The van der Waals surface area contributed by atoms with Crippen LogP contribution in [0.2, 0.25) is 0 Å². The van der Waals surface area contributed by atoms with Crippen LogP contribution in [-0.2, 0) is 38.1 Å². The van der Waals surface area contributed by atoms with Crippen LogP contribution in [0.1, 0.15) is 34.1 Å². The fourth-order valence-electron chi connectivity index (χ4n) is 6.97. The number of nitriles is 2. The number of carbonyl (C=O) groups is 4. The zero-order chi connectivity index (χ0) is 45.4. The summed E-state index contributed by atoms with van der Waals surface area (Å²) in [4.78, 5) is 54.5. The van der Waals surface area contributed by atoms with Crippen LogP contribution in [0.15, 0.2) is 151 Å². The first kappa shape index (κ1) is 45.9. The summed E-state index contributed by atoms with van der Waals surface area (Å²) >= 11 is 6.75. The molecule has 6 rings (SSSR count). The first-order chi connectivity index (χ1) is 29.7. The summed E-state index contributed by atoms with van der Waals surface area (Å²) in [6.45, 7) is 3.83. The van der Waals surface area contributed by atoms with Crippen LogP contribution in [0.25, 0.3) is 0 Å². The molecule has 2 aliphatic heterocycles. The molecule has 0 bridgehead atoms. The summed E-state index contributed by atoms with van der Waals surface area (Å²) in [5.41, 5.74) is 17.1. The number of hydrogen-bond donors (Lipinski definition) is 2. The van der Waals surface area contributed by atoms with Crippen molar-refractivity contribution in [3.63, 3.8) is 0 Å². The zero-order valence-electron chi connectivity index (χ0n) is 34.4. The lowest BCUT2D eigenvalue weighted by Crippen LogP contribution is -2.40. The Morgan fingerprint density at radius 3 is 1.06 bits per heavy atom. The van der Waals surface area contributed by atoms with E-state index in [2.05, 4.69) is 44.0 Å². The van der Waals surface area contributed by atoms with E-state index in [0.29, 0.717) is 22.5 Å². The van der Waals surface area contributed by atoms with Gasteiger partial charge in [-0.1, -0.05) is 91.5 Å². The van der Waals surface area contributed by atoms with Crippen molar-refractivity contribution in [2.24, 2.45) is 11.5 Å². The lowest BCUT2D eigenvalue weighted by atomic mass is 9.81. The molecule has 0 fully saturated rings. The van der Waals surface area contributed by atoms with Gasteiger partial charge in [-0.25, -0.2) is 19.2 Å². The summed E-state index contributed by atoms with van der Waals surface area (Å²) in [6, 6.07) is 32.7. The van der Waals surface area contributed by atoms with Gasteiger partial charge in [0, 0.05) is 20.3 Å². The number of ether oxygens (including phenoxy) is 4. The number of nitrogens with two attached hydrogens (primary N) is 2. The molecule has 2 atom stereocenters. The number of esters is 4. The Hall–Kier alpha value is -7.14. The maximum absolute atomic E-state index is 13.0. The topological polar surface area (TPSA) is 211 Å². The van der Waals surface area contributed by atoms with Gasteiger partial charge in [0.15, 0.2) is 0 Å². The standard InChI is InChI=1S/2C23H20BrN3O4/c2*1-13-4-10-16(11-5-13)27-20(23(29)31-3)19(22(28)30-2)18(17(12-25)21(27)26)14-6-8-15(24)9-7-14/h2*4-11,18H,26H2,1-3H3/t2*18-/m10/s1. The molecule has 4 N–H and O–H groups in total. The van der Waals surface area contributed by atoms with Crippen LogP contribution in [0.4, 0.5) is 11.4 Å². The van der Waals surface area contributed by atoms with E-state index < -0.39 is 35.7 Å². The van der Waals surface area contributed by atoms with Gasteiger partial charge in [-0.05, 0) is 73.5 Å². The van der Waals surface area contributed by atoms with Crippen LogP contribution >= 0.6 is 31.9 Å². The normalized spacial score (nSPS) is 16.1. The van der Waals surface area contributed by atoms with Crippen LogP contribution in [-0.4, -0.2) is 52.3 Å². The Morgan fingerprint density at radius 1 is 0.516 bits per heavy atom. The number of allylic oxidation sites excluding steroid dienone is 2. The summed E-state index contributed by atoms with van der Waals surface area (Å²) in [7, 11) is 4.86. The molecule has 316 valence electrons. The molecular formula is C46H40Br2N6O8. The minimum Gasteiger partial charge on any atom is -0.466 e. The summed E-state index contributed by atoms with van der Waals surface area (Å²) in [5, 5.41) is 20.0. The summed E-state index contributed by atoms with van der Waals surface area (Å²) in [5.74, 6) is -4.80. The smallest absolute Gasteiger partial charge is 0.355 e. The molecular weight excluding hydrogens is 924 g/mol. The van der Waals surface area contributed by atoms with E-state index in [0.717, 1.165) is 20.1 Å². The molecule has 4 aromatic rings. The van der Waals surface area contributed by atoms with Gasteiger partial charge in [-0.3, -0.25) is 9.80 Å². The highest BCUT2D eigenvalue weighted by Gasteiger charge is 2.44. The molecule has 2 aliphatic rings. The highest BCUT2D eigenvalue weighted by molar-refractivity contribution is 9.10. The Kier molecular flexibility index (Phi) is 14.8. The van der Waals surface area contributed by atoms with Crippen LogP contribution in [0.5, 0.6) is 0 Å². The number of anilines is 2. The molecule has 0 amide bonds. The van der Waals surface area contributed by atoms with E-state index in [1.54, 1.807) is 72.8 Å². The Labute approximate surface area is 375 Å². The SMILES string of the molecule is COC(=O)C1=C(C(=O)OC)N(c2ccc(C)cc2)C(N)=C(C#N)[C@@H]1c1ccc(Br)cc1.COC(=O)C1=C(C(=O)OC)N(c2ccc(C)cc2)C(N)=C(C#N)[C@H]1c1ccc(Br)cc1. The fraction of sp³-hybridized carbons (Fsp3) is 0.174. The van der Waals surface area contributed by atoms with Gasteiger partial charge < -0.3 is 30.4 Å². The average molecular weight is 965 g/mol. The second kappa shape index (κ2) is 19.9. The maximum Gasteiger partial charge on any atom is 0.355 e. The molecule has 4 aromatic carbocycles. The molecule has 0 spiro atoms. The lowest BCUT2D eigenvalue weighted by molar-refractivity contribution is -0.139. The molecule has 14 nitrogen and oxygen atoms in total. The number of rotatable bonds is 8. The number of halogens is 2. The quantitative estimate of drug-likeness (QED) is 0.131. The van der Waals surface area contributed by atoms with Crippen LogP contribution < -0.4 is 21.3 Å². The average Bonchev–Trinajstić information content (AvgIpc) is 3.28. The van der Waals surface area contributed by atoms with Gasteiger partial charge in [0.2, 0.25) is 0 Å². The molecule has 0 saturated heterocycles. The predicted molar refractivity (Wildman–Crippen MR) is 237 cm³/mol. The van der Waals surface area contributed by atoms with Crippen molar-refractivity contribution >= 4 is 67.1 Å². The fourth-order valence-corrected chi connectivity index (χ4v) is 7.50. The van der Waals surface area contributed by atoms with Crippen molar-refractivity contribution in [1.29, 1.82) is 10.5 Å². The number of nitrogens with zero attached hydrogens (tertiary/aromatic N) is 4. The number of hydrogen-bond acceptors (Lipinski definition) is 14. The van der Waals surface area contributed by atoms with Crippen LogP contribution in [0.3, 0.4) is 0 Å². The number of benzene rings is 4. The third kappa shape index (κ3) is 9.12. The van der Waals surface area contributed by atoms with E-state index >= 15 is 0 Å². The highest BCUT2D eigenvalue weighted by Crippen LogP contribution is 2.45. The Morgan fingerprint density at radius 2 is 0.806 bits per heavy atom. The van der Waals surface area contributed by atoms with E-state index in [-0.39, 0.29) is 45.3 Å². The first-order valence-corrected chi connectivity index (χ1v) is 20.1. The summed E-state index contributed by atoms with van der Waals surface area (Å²) in [6.07, 6.45) is 0. The third-order valence-electron chi connectivity index (χ3n) is 9.95. The predicted octanol–water partition coefficient (Wildman–Crippen LogP) is 7.31. The van der Waals surface area contributed by atoms with E-state index in [1.165, 1.54) is 38.2 Å². The van der Waals surface area contributed by atoms with Gasteiger partial charge in [0.1, 0.15) is 23.0 Å². The van der Waals surface area contributed by atoms with E-state index in [9.17, 15) is 29.7 Å². The zero-order valence-corrected chi connectivity index (χ0v) is 37.5. The van der Waals surface area contributed by atoms with E-state index in [1.807, 2.05) is 38.1 Å². The second-order valence-corrected chi connectivity index (χ2v) is 15.5. The Bertz CT molecular complexity index is 2440. The Balaban J connectivity index is 0.000000234. The van der Waals surface area contributed by atoms with Gasteiger partial charge >= 0.3 is 23.9 Å². The van der Waals surface area contributed by atoms with Gasteiger partial charge in [-0.2, -0.15) is 10.5 Å². The second-order valence-electron chi connectivity index (χ2n) is 13.6. The number of carbonyl (C=O) groups excluding carboxylic acids is 4. The molecule has 0 aliphatic carbocycles. The van der Waals surface area contributed by atoms with Gasteiger partial charge in [0.25, 0.3) is 0 Å². The largest absolute Gasteiger partial charge is 0.466 e. The minimum atomic E-state index is -0.902. The number of aryl methyl sites for hydroxylation is 2. The molecule has 0 unspecified atom stereocenters. The summed E-state index contributed by atoms with van der Waals surface area (Å²) < 4.78 is 21.6. The van der Waals surface area contributed by atoms with Crippen molar-refractivity contribution in [3.8, 4) is 12.1 Å². The number of methoxy groups -OCH3 is 4. The molecule has 2 heterocycles. The van der Waals surface area contributed by atoms with Crippen molar-refractivity contribution in [3.05, 3.63) is 174 Å². The minimum absolute atomic E-state index is 0.0250. The maximum atomic E-state index is 13.0. The van der Waals surface area contributed by atoms with Crippen molar-refractivity contribution < 1.29 is 38.1 Å². The molecule has 16 heteroatoms. The highest BCUT2D eigenvalue weighted by atomic mass is 79.9. The van der Waals surface area contributed by atoms with Crippen molar-refractivity contribution in [2.45, 2.75) is 25.7 Å². The molecule has 62 heavy (non-hydrogen) atoms. The van der Waals surface area contributed by atoms with Gasteiger partial charge in [0.05, 0.1) is 74.7 Å².